The number of carboxylic acid groups (broad SMARTS) is 1. The molecule has 3 aromatic rings. The van der Waals surface area contributed by atoms with Crippen LogP contribution in [0.4, 0.5) is 5.69 Å². The van der Waals surface area contributed by atoms with E-state index in [0.29, 0.717) is 0 Å². The number of allylic oxidation sites excluding steroid dienone is 1. The number of carbonyl (C=O) groups is 1. The van der Waals surface area contributed by atoms with Crippen LogP contribution >= 0.6 is 0 Å². The summed E-state index contributed by atoms with van der Waals surface area (Å²) < 4.78 is 0. The monoisotopic (exact) mass is 480 g/mol. The highest BCUT2D eigenvalue weighted by Gasteiger charge is 2.33. The van der Waals surface area contributed by atoms with Crippen LogP contribution in [0.15, 0.2) is 79.0 Å². The first kappa shape index (κ1) is 25.1. The molecule has 0 aliphatic carbocycles. The molecule has 36 heavy (non-hydrogen) atoms. The van der Waals surface area contributed by atoms with Crippen molar-refractivity contribution >= 4 is 29.5 Å². The van der Waals surface area contributed by atoms with Crippen LogP contribution in [0.1, 0.15) is 53.3 Å². The highest BCUT2D eigenvalue weighted by atomic mass is 16.4. The first-order valence-corrected chi connectivity index (χ1v) is 12.5. The Labute approximate surface area is 213 Å². The Morgan fingerprint density at radius 3 is 2.44 bits per heavy atom. The number of quaternary nitrogens is 1. The molecule has 4 rings (SSSR count). The van der Waals surface area contributed by atoms with E-state index in [2.05, 4.69) is 73.3 Å². The van der Waals surface area contributed by atoms with E-state index in [9.17, 15) is 4.79 Å². The molecule has 1 aliphatic rings. The number of anilines is 1. The second-order valence-electron chi connectivity index (χ2n) is 9.23. The van der Waals surface area contributed by atoms with Gasteiger partial charge in [-0.15, -0.1) is 0 Å². The number of aryl methyl sites for hydroxylation is 1. The van der Waals surface area contributed by atoms with Crippen molar-refractivity contribution in [1.82, 2.24) is 0 Å². The Balaban J connectivity index is 1.82. The molecule has 0 aromatic heterocycles. The van der Waals surface area contributed by atoms with E-state index in [1.165, 1.54) is 28.6 Å². The molecule has 3 aromatic carbocycles. The van der Waals surface area contributed by atoms with Gasteiger partial charge in [-0.3, -0.25) is 0 Å². The number of aliphatic carboxylic acids is 1. The number of nitrogens with zero attached hydrogens (tertiary/aromatic N) is 1. The number of nitrogens with one attached hydrogen (secondary N) is 1. The van der Waals surface area contributed by atoms with Gasteiger partial charge in [0.1, 0.15) is 6.20 Å². The molecular formula is C31H34N3O2+. The second-order valence-corrected chi connectivity index (χ2v) is 9.23. The molecule has 1 aliphatic heterocycles. The Hall–Kier alpha value is -3.96. The van der Waals surface area contributed by atoms with Crippen molar-refractivity contribution in [2.45, 2.75) is 38.8 Å². The zero-order valence-corrected chi connectivity index (χ0v) is 21.1. The minimum absolute atomic E-state index is 0.0212. The standard InChI is InChI=1S/C31H33N3O2/c1-4-22-7-13-28(14-8-22)34-21(2)17-26-18-25(27(19-32)20-33-3)12-15-29(26)31(34)24-10-5-23(6-11-24)9-16-30(35)36/h5-16,18-21,31-33H,4,17H2,1-3H3,(H,35,36)/p+1. The van der Waals surface area contributed by atoms with Crippen molar-refractivity contribution in [2.75, 3.05) is 11.9 Å². The molecule has 2 unspecified atom stereocenters. The summed E-state index contributed by atoms with van der Waals surface area (Å²) in [5.74, 6) is -0.953. The van der Waals surface area contributed by atoms with Crippen molar-refractivity contribution in [3.8, 4) is 0 Å². The van der Waals surface area contributed by atoms with Crippen LogP contribution in [0.3, 0.4) is 0 Å². The average Bonchev–Trinajstić information content (AvgIpc) is 2.90. The summed E-state index contributed by atoms with van der Waals surface area (Å²) >= 11 is 0. The summed E-state index contributed by atoms with van der Waals surface area (Å²) in [5, 5.41) is 18.8. The number of carboxylic acids is 1. The van der Waals surface area contributed by atoms with E-state index in [1.807, 2.05) is 30.7 Å². The maximum absolute atomic E-state index is 10.9. The summed E-state index contributed by atoms with van der Waals surface area (Å²) in [6.07, 6.45) is 8.09. The highest BCUT2D eigenvalue weighted by Crippen LogP contribution is 2.41. The molecule has 0 amide bonds. The average molecular weight is 481 g/mol. The Morgan fingerprint density at radius 2 is 1.83 bits per heavy atom. The maximum atomic E-state index is 10.9. The minimum Gasteiger partial charge on any atom is -0.478 e. The van der Waals surface area contributed by atoms with Crippen molar-refractivity contribution in [3.63, 3.8) is 0 Å². The van der Waals surface area contributed by atoms with E-state index in [0.717, 1.165) is 41.2 Å². The van der Waals surface area contributed by atoms with Crippen LogP contribution < -0.4 is 10.2 Å². The molecule has 0 fully saturated rings. The summed E-state index contributed by atoms with van der Waals surface area (Å²) in [7, 11) is 1.97. The second kappa shape index (κ2) is 11.2. The molecular weight excluding hydrogens is 446 g/mol. The third-order valence-electron chi connectivity index (χ3n) is 6.85. The first-order chi connectivity index (χ1) is 17.4. The lowest BCUT2D eigenvalue weighted by Gasteiger charge is -2.44. The van der Waals surface area contributed by atoms with Crippen LogP contribution in [0.25, 0.3) is 11.6 Å². The van der Waals surface area contributed by atoms with Gasteiger partial charge in [-0.25, -0.2) is 4.79 Å². The minimum atomic E-state index is -0.953. The van der Waals surface area contributed by atoms with Crippen molar-refractivity contribution < 1.29 is 15.2 Å². The van der Waals surface area contributed by atoms with Crippen molar-refractivity contribution in [2.24, 2.45) is 0 Å². The highest BCUT2D eigenvalue weighted by molar-refractivity contribution is 6.07. The van der Waals surface area contributed by atoms with Crippen LogP contribution in [0.2, 0.25) is 0 Å². The van der Waals surface area contributed by atoms with Gasteiger partial charge in [0.05, 0.1) is 18.7 Å². The van der Waals surface area contributed by atoms with E-state index >= 15 is 0 Å². The number of hydrogen-bond donors (Lipinski definition) is 3. The lowest BCUT2D eigenvalue weighted by molar-refractivity contribution is -0.555. The molecule has 2 atom stereocenters. The molecule has 1 heterocycles. The number of hydrogen-bond acceptors (Lipinski definition) is 3. The Bertz CT molecular complexity index is 1290. The van der Waals surface area contributed by atoms with Gasteiger partial charge in [0.15, 0.2) is 0 Å². The number of rotatable bonds is 8. The van der Waals surface area contributed by atoms with Gasteiger partial charge >= 0.3 is 5.97 Å². The fraction of sp³-hybridized carbons (Fsp3) is 0.226. The van der Waals surface area contributed by atoms with Gasteiger partial charge in [-0.1, -0.05) is 61.5 Å². The van der Waals surface area contributed by atoms with Crippen molar-refractivity contribution in [3.05, 3.63) is 112 Å². The third kappa shape index (κ3) is 5.31. The lowest BCUT2D eigenvalue weighted by Crippen LogP contribution is -2.72. The zero-order chi connectivity index (χ0) is 25.7. The maximum Gasteiger partial charge on any atom is 0.328 e. The molecule has 184 valence electrons. The van der Waals surface area contributed by atoms with Crippen LogP contribution in [-0.4, -0.2) is 30.4 Å². The van der Waals surface area contributed by atoms with Gasteiger partial charge in [0, 0.05) is 24.0 Å². The quantitative estimate of drug-likeness (QED) is 0.311. The van der Waals surface area contributed by atoms with E-state index in [4.69, 9.17) is 10.5 Å². The molecule has 0 bridgehead atoms. The molecule has 0 radical (unpaired) electrons. The van der Waals surface area contributed by atoms with Crippen LogP contribution in [-0.2, 0) is 17.6 Å². The third-order valence-corrected chi connectivity index (χ3v) is 6.85. The molecule has 0 saturated heterocycles. The predicted molar refractivity (Wildman–Crippen MR) is 147 cm³/mol. The predicted octanol–water partition coefficient (Wildman–Crippen LogP) is 5.07. The molecule has 0 spiro atoms. The summed E-state index contributed by atoms with van der Waals surface area (Å²) in [4.78, 5) is 13.4. The lowest BCUT2D eigenvalue weighted by atomic mass is 9.83. The molecule has 4 N–H and O–H groups in total. The Morgan fingerprint density at radius 1 is 1.11 bits per heavy atom. The zero-order valence-electron chi connectivity index (χ0n) is 21.1. The number of benzene rings is 3. The summed E-state index contributed by atoms with van der Waals surface area (Å²) in [6, 6.07) is 23.9. The number of nitrogens with two attached hydrogens (primary N) is 1. The summed E-state index contributed by atoms with van der Waals surface area (Å²) in [5.41, 5.74) is 9.04. The van der Waals surface area contributed by atoms with E-state index < -0.39 is 5.97 Å². The SMILES string of the molecule is CCc1ccc(N2C(C)Cc3cc(C(C=N)=C[NH2+]C)ccc3C2c2ccc(C=CC(=O)O)cc2)cc1. The van der Waals surface area contributed by atoms with Crippen LogP contribution in [0, 0.1) is 5.41 Å². The molecule has 5 heteroatoms. The van der Waals surface area contributed by atoms with Crippen molar-refractivity contribution in [1.29, 1.82) is 5.41 Å². The van der Waals surface area contributed by atoms with E-state index in [-0.39, 0.29) is 12.1 Å². The first-order valence-electron chi connectivity index (χ1n) is 12.5. The van der Waals surface area contributed by atoms with Crippen LogP contribution in [0.5, 0.6) is 0 Å². The molecule has 5 nitrogen and oxygen atoms in total. The van der Waals surface area contributed by atoms with Gasteiger partial charge in [0.2, 0.25) is 0 Å². The van der Waals surface area contributed by atoms with Gasteiger partial charge < -0.3 is 20.7 Å². The fourth-order valence-corrected chi connectivity index (χ4v) is 5.06. The normalized spacial score (nSPS) is 17.8. The summed E-state index contributed by atoms with van der Waals surface area (Å²) in [6.45, 7) is 4.44. The largest absolute Gasteiger partial charge is 0.478 e. The fourth-order valence-electron chi connectivity index (χ4n) is 5.06. The smallest absolute Gasteiger partial charge is 0.328 e. The number of fused-ring (bicyclic) bond motifs is 1. The topological polar surface area (TPSA) is 81.0 Å². The van der Waals surface area contributed by atoms with Gasteiger partial charge in [0.25, 0.3) is 0 Å². The van der Waals surface area contributed by atoms with Gasteiger partial charge in [-0.2, -0.15) is 0 Å². The van der Waals surface area contributed by atoms with Gasteiger partial charge in [-0.05, 0) is 71.4 Å². The Kier molecular flexibility index (Phi) is 7.81. The molecule has 0 saturated carbocycles. The van der Waals surface area contributed by atoms with E-state index in [1.54, 1.807) is 6.08 Å².